The molecule has 0 amide bonds. The maximum atomic E-state index is 10.9. The Kier molecular flexibility index (Phi) is 3.72. The minimum Gasteiger partial charge on any atom is -0.448 e. The predicted octanol–water partition coefficient (Wildman–Crippen LogP) is 3.25. The largest absolute Gasteiger partial charge is 0.448 e. The molecule has 0 saturated heterocycles. The molecule has 2 rings (SSSR count). The molecule has 0 aliphatic heterocycles. The highest BCUT2D eigenvalue weighted by molar-refractivity contribution is 6.30. The lowest BCUT2D eigenvalue weighted by Gasteiger charge is -2.06. The van der Waals surface area contributed by atoms with Gasteiger partial charge < -0.3 is 4.74 Å². The van der Waals surface area contributed by atoms with E-state index in [0.29, 0.717) is 16.9 Å². The lowest BCUT2D eigenvalue weighted by molar-refractivity contribution is -0.385. The summed E-state index contributed by atoms with van der Waals surface area (Å²) < 4.78 is 5.35. The molecule has 0 saturated carbocycles. The summed E-state index contributed by atoms with van der Waals surface area (Å²) in [5, 5.41) is 11.2. The molecular formula is C12H7ClN2O4. The highest BCUT2D eigenvalue weighted by Crippen LogP contribution is 2.33. The van der Waals surface area contributed by atoms with Gasteiger partial charge in [0.05, 0.1) is 11.1 Å². The first kappa shape index (κ1) is 13.0. The molecule has 1 heterocycles. The minimum absolute atomic E-state index is 0.0117. The van der Waals surface area contributed by atoms with Gasteiger partial charge in [0, 0.05) is 28.9 Å². The second-order valence-electron chi connectivity index (χ2n) is 3.54. The summed E-state index contributed by atoms with van der Waals surface area (Å²) in [7, 11) is 0. The lowest BCUT2D eigenvalue weighted by Crippen LogP contribution is -1.94. The van der Waals surface area contributed by atoms with Crippen LogP contribution in [0.2, 0.25) is 5.02 Å². The molecule has 1 aromatic carbocycles. The molecule has 6 nitrogen and oxygen atoms in total. The summed E-state index contributed by atoms with van der Waals surface area (Å²) in [6.07, 6.45) is 3.30. The maximum absolute atomic E-state index is 10.9. The number of ether oxygens (including phenoxy) is 1. The van der Waals surface area contributed by atoms with E-state index < -0.39 is 4.92 Å². The summed E-state index contributed by atoms with van der Waals surface area (Å²) >= 11 is 5.77. The van der Waals surface area contributed by atoms with Crippen molar-refractivity contribution in [1.82, 2.24) is 4.98 Å². The van der Waals surface area contributed by atoms with E-state index in [2.05, 4.69) is 4.98 Å². The second kappa shape index (κ2) is 5.45. The van der Waals surface area contributed by atoms with Crippen LogP contribution in [0.15, 0.2) is 36.7 Å². The number of halogens is 1. The number of pyridine rings is 1. The van der Waals surface area contributed by atoms with Crippen LogP contribution in [0.4, 0.5) is 5.69 Å². The van der Waals surface area contributed by atoms with Crippen LogP contribution in [-0.4, -0.2) is 16.2 Å². The average Bonchev–Trinajstić information content (AvgIpc) is 2.38. The van der Waals surface area contributed by atoms with E-state index in [-0.39, 0.29) is 17.2 Å². The number of benzene rings is 1. The topological polar surface area (TPSA) is 82.3 Å². The molecule has 0 radical (unpaired) electrons. The van der Waals surface area contributed by atoms with Gasteiger partial charge in [-0.25, -0.2) is 0 Å². The van der Waals surface area contributed by atoms with E-state index >= 15 is 0 Å². The van der Waals surface area contributed by atoms with Crippen LogP contribution in [0, 0.1) is 10.1 Å². The Morgan fingerprint density at radius 2 is 2.11 bits per heavy atom. The Balaban J connectivity index is 2.39. The summed E-state index contributed by atoms with van der Waals surface area (Å²) in [5.41, 5.74) is 0.0862. The van der Waals surface area contributed by atoms with Crippen LogP contribution in [0.5, 0.6) is 11.5 Å². The molecule has 0 aliphatic rings. The number of hydrogen-bond acceptors (Lipinski definition) is 5. The van der Waals surface area contributed by atoms with E-state index in [1.54, 1.807) is 0 Å². The summed E-state index contributed by atoms with van der Waals surface area (Å²) in [4.78, 5) is 24.7. The Morgan fingerprint density at radius 3 is 2.79 bits per heavy atom. The first-order valence-electron chi connectivity index (χ1n) is 5.12. The van der Waals surface area contributed by atoms with E-state index in [1.165, 1.54) is 36.7 Å². The Bertz CT molecular complexity index is 645. The Labute approximate surface area is 112 Å². The van der Waals surface area contributed by atoms with E-state index in [1.807, 2.05) is 0 Å². The third kappa shape index (κ3) is 3.05. The molecule has 0 fully saturated rings. The second-order valence-corrected chi connectivity index (χ2v) is 3.98. The highest BCUT2D eigenvalue weighted by Gasteiger charge is 2.16. The molecule has 0 atom stereocenters. The van der Waals surface area contributed by atoms with Crippen molar-refractivity contribution in [3.8, 4) is 11.5 Å². The van der Waals surface area contributed by atoms with Crippen molar-refractivity contribution in [2.45, 2.75) is 0 Å². The number of hydrogen-bond donors (Lipinski definition) is 0. The van der Waals surface area contributed by atoms with Gasteiger partial charge in [-0.1, -0.05) is 11.6 Å². The molecule has 0 unspecified atom stereocenters. The fraction of sp³-hybridized carbons (Fsp3) is 0. The fourth-order valence-corrected chi connectivity index (χ4v) is 1.57. The number of aldehydes is 1. The molecule has 0 bridgehead atoms. The molecule has 0 spiro atoms. The van der Waals surface area contributed by atoms with Gasteiger partial charge in [0.1, 0.15) is 5.75 Å². The Morgan fingerprint density at radius 1 is 1.32 bits per heavy atom. The van der Waals surface area contributed by atoms with Gasteiger partial charge in [-0.2, -0.15) is 0 Å². The zero-order chi connectivity index (χ0) is 13.8. The van der Waals surface area contributed by atoms with E-state index in [9.17, 15) is 14.9 Å². The molecule has 1 aromatic heterocycles. The SMILES string of the molecule is O=Cc1cncc(Oc2cc(Cl)ccc2[N+](=O)[O-])c1. The van der Waals surface area contributed by atoms with Crippen LogP contribution in [-0.2, 0) is 0 Å². The van der Waals surface area contributed by atoms with Crippen molar-refractivity contribution in [3.05, 3.63) is 57.4 Å². The number of nitrogens with zero attached hydrogens (tertiary/aromatic N) is 2. The average molecular weight is 279 g/mol. The third-order valence-electron chi connectivity index (χ3n) is 2.22. The van der Waals surface area contributed by atoms with Crippen molar-refractivity contribution in [2.75, 3.05) is 0 Å². The lowest BCUT2D eigenvalue weighted by atomic mass is 10.3. The minimum atomic E-state index is -0.581. The van der Waals surface area contributed by atoms with Gasteiger partial charge in [0.2, 0.25) is 5.75 Å². The van der Waals surface area contributed by atoms with E-state index in [4.69, 9.17) is 16.3 Å². The van der Waals surface area contributed by atoms with Gasteiger partial charge in [-0.05, 0) is 12.1 Å². The number of carbonyl (C=O) groups is 1. The zero-order valence-electron chi connectivity index (χ0n) is 9.45. The fourth-order valence-electron chi connectivity index (χ4n) is 1.40. The molecule has 0 aliphatic carbocycles. The summed E-state index contributed by atoms with van der Waals surface area (Å²) in [5.74, 6) is 0.206. The van der Waals surface area contributed by atoms with Crippen LogP contribution in [0.1, 0.15) is 10.4 Å². The first-order valence-corrected chi connectivity index (χ1v) is 5.50. The third-order valence-corrected chi connectivity index (χ3v) is 2.45. The standard InChI is InChI=1S/C12H7ClN2O4/c13-9-1-2-11(15(17)18)12(4-9)19-10-3-8(7-16)5-14-6-10/h1-7H. The molecule has 0 N–H and O–H groups in total. The van der Waals surface area contributed by atoms with Gasteiger partial charge in [0.15, 0.2) is 6.29 Å². The van der Waals surface area contributed by atoms with E-state index in [0.717, 1.165) is 0 Å². The van der Waals surface area contributed by atoms with Crippen molar-refractivity contribution >= 4 is 23.6 Å². The van der Waals surface area contributed by atoms with Gasteiger partial charge in [0.25, 0.3) is 0 Å². The molecule has 2 aromatic rings. The molecular weight excluding hydrogens is 272 g/mol. The molecule has 96 valence electrons. The molecule has 7 heteroatoms. The number of nitro benzene ring substituents is 1. The van der Waals surface area contributed by atoms with Crippen LogP contribution in [0.3, 0.4) is 0 Å². The number of carbonyl (C=O) groups excluding carboxylic acids is 1. The molecule has 19 heavy (non-hydrogen) atoms. The number of aromatic nitrogens is 1. The van der Waals surface area contributed by atoms with Crippen molar-refractivity contribution in [2.24, 2.45) is 0 Å². The van der Waals surface area contributed by atoms with Crippen molar-refractivity contribution in [3.63, 3.8) is 0 Å². The van der Waals surface area contributed by atoms with Crippen molar-refractivity contribution < 1.29 is 14.5 Å². The van der Waals surface area contributed by atoms with Gasteiger partial charge >= 0.3 is 5.69 Å². The quantitative estimate of drug-likeness (QED) is 0.487. The van der Waals surface area contributed by atoms with Gasteiger partial charge in [-0.15, -0.1) is 0 Å². The summed E-state index contributed by atoms with van der Waals surface area (Å²) in [6.45, 7) is 0. The monoisotopic (exact) mass is 278 g/mol. The number of rotatable bonds is 4. The van der Waals surface area contributed by atoms with Crippen molar-refractivity contribution in [1.29, 1.82) is 0 Å². The van der Waals surface area contributed by atoms with Crippen LogP contribution >= 0.6 is 11.6 Å². The van der Waals surface area contributed by atoms with Gasteiger partial charge in [-0.3, -0.25) is 19.9 Å². The maximum Gasteiger partial charge on any atom is 0.311 e. The number of nitro groups is 1. The summed E-state index contributed by atoms with van der Waals surface area (Å²) in [6, 6.07) is 5.39. The van der Waals surface area contributed by atoms with Crippen LogP contribution < -0.4 is 4.74 Å². The van der Waals surface area contributed by atoms with Crippen LogP contribution in [0.25, 0.3) is 0 Å². The Hall–Kier alpha value is -2.47. The highest BCUT2D eigenvalue weighted by atomic mass is 35.5. The normalized spacial score (nSPS) is 9.95. The zero-order valence-corrected chi connectivity index (χ0v) is 10.2. The first-order chi connectivity index (χ1) is 9.10. The smallest absolute Gasteiger partial charge is 0.311 e. The predicted molar refractivity (Wildman–Crippen MR) is 67.8 cm³/mol.